The minimum atomic E-state index is -2.16. The van der Waals surface area contributed by atoms with E-state index >= 15 is 0 Å². The number of rotatable bonds is 19. The Morgan fingerprint density at radius 2 is 1.21 bits per heavy atom. The Bertz CT molecular complexity index is 2850. The van der Waals surface area contributed by atoms with E-state index in [1.807, 2.05) is 98.7 Å². The zero-order chi connectivity index (χ0) is 57.7. The van der Waals surface area contributed by atoms with Gasteiger partial charge >= 0.3 is 0 Å². The summed E-state index contributed by atoms with van der Waals surface area (Å²) >= 11 is 0. The fourth-order valence-electron chi connectivity index (χ4n) is 9.15. The third-order valence-corrected chi connectivity index (χ3v) is 14.0. The smallest absolute Gasteiger partial charge is 0.162 e. The van der Waals surface area contributed by atoms with Crippen LogP contribution in [0.3, 0.4) is 0 Å². The van der Waals surface area contributed by atoms with Gasteiger partial charge in [-0.15, -0.1) is 52.6 Å². The van der Waals surface area contributed by atoms with Crippen LogP contribution >= 0.6 is 0 Å². The van der Waals surface area contributed by atoms with Crippen molar-refractivity contribution in [2.24, 2.45) is 29.6 Å². The van der Waals surface area contributed by atoms with Gasteiger partial charge in [0.05, 0.1) is 17.0 Å². The second kappa shape index (κ2) is 35.0. The standard InChI is InChI=1S/C21H22N.C20H19FN.2C13H24O2.2Ir/c1-14(2)10-17-6-5-7-21-19(17)8-9-20(22-21)18-12-15(3)11-16(4)13-18;1-12(2)16-6-5-15-7-8-22-20(18(15)11-16)17-9-13(3)19(21)14(4)10-17;2*1-5-10(6-2)12(14)9-13(15)11(7-3)8-4;;/h5-9,11-12,14H,10H2,1-4H3;5-9,11-12H,1-4H3;2*9-11,14H,5-8H2,1-4H3;;/q2*-1;;;;/i4D3;;;;;. The summed E-state index contributed by atoms with van der Waals surface area (Å²) in [6.45, 7) is 28.2. The Labute approximate surface area is 489 Å². The van der Waals surface area contributed by atoms with Gasteiger partial charge in [-0.05, 0) is 115 Å². The van der Waals surface area contributed by atoms with Gasteiger partial charge in [-0.3, -0.25) is 19.0 Å². The largest absolute Gasteiger partial charge is 0.512 e. The van der Waals surface area contributed by atoms with Gasteiger partial charge in [0.1, 0.15) is 0 Å². The van der Waals surface area contributed by atoms with Gasteiger partial charge in [-0.25, -0.2) is 0 Å². The number of aromatic nitrogens is 2. The first-order chi connectivity index (χ1) is 36.4. The second-order valence-corrected chi connectivity index (χ2v) is 20.4. The monoisotopic (exact) mass is 1390 g/mol. The summed E-state index contributed by atoms with van der Waals surface area (Å²) in [5, 5.41) is 22.9. The zero-order valence-corrected chi connectivity index (χ0v) is 52.9. The summed E-state index contributed by atoms with van der Waals surface area (Å²) < 4.78 is 36.8. The molecule has 0 saturated heterocycles. The number of pyridine rings is 2. The van der Waals surface area contributed by atoms with Gasteiger partial charge < -0.3 is 15.2 Å². The van der Waals surface area contributed by atoms with Crippen molar-refractivity contribution in [3.63, 3.8) is 0 Å². The maximum absolute atomic E-state index is 13.9. The van der Waals surface area contributed by atoms with Gasteiger partial charge in [-0.2, -0.15) is 0 Å². The van der Waals surface area contributed by atoms with Crippen LogP contribution in [0.25, 0.3) is 44.2 Å². The number of halogens is 1. The van der Waals surface area contributed by atoms with Crippen LogP contribution in [0.15, 0.2) is 103 Å². The fraction of sp³-hybridized carbons (Fsp3) is 0.463. The molecule has 2 radical (unpaired) electrons. The molecule has 0 atom stereocenters. The summed E-state index contributed by atoms with van der Waals surface area (Å²) in [6, 6.07) is 30.3. The Kier molecular flexibility index (Phi) is 29.4. The molecule has 0 saturated carbocycles. The molecule has 0 aliphatic rings. The van der Waals surface area contributed by atoms with Gasteiger partial charge in [0.2, 0.25) is 0 Å². The van der Waals surface area contributed by atoms with Crippen LogP contribution in [-0.2, 0) is 56.2 Å². The first-order valence-corrected chi connectivity index (χ1v) is 27.3. The maximum atomic E-state index is 13.9. The molecule has 4 aromatic carbocycles. The van der Waals surface area contributed by atoms with Crippen molar-refractivity contribution in [3.05, 3.63) is 154 Å². The van der Waals surface area contributed by atoms with E-state index in [-0.39, 0.29) is 98.3 Å². The number of benzene rings is 4. The van der Waals surface area contributed by atoms with E-state index in [2.05, 4.69) is 75.1 Å². The van der Waals surface area contributed by atoms with Gasteiger partial charge in [0.25, 0.3) is 0 Å². The quantitative estimate of drug-likeness (QED) is 0.0476. The molecule has 0 unspecified atom stereocenters. The van der Waals surface area contributed by atoms with E-state index in [1.165, 1.54) is 23.3 Å². The zero-order valence-electron chi connectivity index (χ0n) is 51.1. The number of aliphatic hydroxyl groups excluding tert-OH is 2. The average molecular weight is 1390 g/mol. The molecule has 0 aliphatic carbocycles. The first kappa shape index (κ1) is 63.9. The van der Waals surface area contributed by atoms with Crippen molar-refractivity contribution in [1.29, 1.82) is 0 Å². The maximum Gasteiger partial charge on any atom is 0.162 e. The molecule has 2 heterocycles. The van der Waals surface area contributed by atoms with Gasteiger partial charge in [-0.1, -0.05) is 164 Å². The van der Waals surface area contributed by atoms with Crippen LogP contribution in [0.4, 0.5) is 4.39 Å². The van der Waals surface area contributed by atoms with Crippen molar-refractivity contribution in [2.75, 3.05) is 0 Å². The number of carbonyl (C=O) groups excluding carboxylic acids is 2. The molecule has 2 N–H and O–H groups in total. The normalized spacial score (nSPS) is 12.3. The summed E-state index contributed by atoms with van der Waals surface area (Å²) in [4.78, 5) is 32.7. The number of carbonyl (C=O) groups is 2. The minimum Gasteiger partial charge on any atom is -0.512 e. The predicted molar refractivity (Wildman–Crippen MR) is 311 cm³/mol. The Morgan fingerprint density at radius 3 is 1.70 bits per heavy atom. The molecule has 0 spiro atoms. The molecular formula is C67H89FIr2N2O4-2. The molecule has 0 amide bonds. The fourth-order valence-corrected chi connectivity index (χ4v) is 9.15. The van der Waals surface area contributed by atoms with Crippen molar-refractivity contribution >= 4 is 33.2 Å². The number of fused-ring (bicyclic) bond motifs is 2. The van der Waals surface area contributed by atoms with E-state index in [0.717, 1.165) is 108 Å². The average Bonchev–Trinajstić information content (AvgIpc) is 3.39. The molecule has 0 fully saturated rings. The van der Waals surface area contributed by atoms with Crippen LogP contribution in [0.5, 0.6) is 0 Å². The van der Waals surface area contributed by atoms with Gasteiger partial charge in [0.15, 0.2) is 11.6 Å². The van der Waals surface area contributed by atoms with Crippen molar-refractivity contribution in [2.45, 2.75) is 174 Å². The number of hydrogen-bond acceptors (Lipinski definition) is 6. The third-order valence-electron chi connectivity index (χ3n) is 14.0. The number of nitrogens with zero attached hydrogens (tertiary/aromatic N) is 2. The molecule has 6 nitrogen and oxygen atoms in total. The molecular weight excluding hydrogens is 1300 g/mol. The van der Waals surface area contributed by atoms with Crippen molar-refractivity contribution in [3.8, 4) is 22.5 Å². The molecule has 418 valence electrons. The Morgan fingerprint density at radius 1 is 0.658 bits per heavy atom. The minimum absolute atomic E-state index is 0. The predicted octanol–water partition coefficient (Wildman–Crippen LogP) is 18.8. The van der Waals surface area contributed by atoms with Crippen LogP contribution in [0, 0.1) is 75.2 Å². The van der Waals surface area contributed by atoms with Crippen molar-refractivity contribution < 1.29 is 68.5 Å². The van der Waals surface area contributed by atoms with E-state index in [0.29, 0.717) is 23.0 Å². The van der Waals surface area contributed by atoms with E-state index in [1.54, 1.807) is 26.1 Å². The van der Waals surface area contributed by atoms with Crippen LogP contribution < -0.4 is 0 Å². The first-order valence-electron chi connectivity index (χ1n) is 28.8. The number of aryl methyl sites for hydroxylation is 4. The molecule has 2 aromatic heterocycles. The van der Waals surface area contributed by atoms with E-state index < -0.39 is 6.85 Å². The van der Waals surface area contributed by atoms with Crippen LogP contribution in [-0.4, -0.2) is 31.7 Å². The summed E-state index contributed by atoms with van der Waals surface area (Å²) in [6.07, 6.45) is 12.6. The Balaban J connectivity index is 0.000000537. The second-order valence-electron chi connectivity index (χ2n) is 20.4. The van der Waals surface area contributed by atoms with Gasteiger partial charge in [0, 0.05) is 97.5 Å². The number of aliphatic hydroxyl groups is 2. The topological polar surface area (TPSA) is 100 Å². The molecule has 9 heteroatoms. The third kappa shape index (κ3) is 20.6. The summed E-state index contributed by atoms with van der Waals surface area (Å²) in [5.74, 6) is 1.94. The molecule has 76 heavy (non-hydrogen) atoms. The molecule has 6 aromatic rings. The Hall–Kier alpha value is -4.65. The number of allylic oxidation sites excluding steroid dienone is 4. The van der Waals surface area contributed by atoms with Crippen LogP contribution in [0.2, 0.25) is 0 Å². The molecule has 6 rings (SSSR count). The summed E-state index contributed by atoms with van der Waals surface area (Å²) in [5.41, 5.74) is 8.99. The number of hydrogen-bond donors (Lipinski definition) is 2. The SMILES string of the molecule is CCC(CC)C(=O)C=C(O)C(CC)CC.CCC(CC)C(=O)C=C(O)C(CC)CC.Cc1[c-]c(-c2nccc3ccc(C(C)C)cc23)cc(C)c1F.[2H]C([2H])([2H])c1[c-]c(-c2ccc3c(CC(C)C)cccc3n2)cc(C)c1.[Ir].[Ir]. The summed E-state index contributed by atoms with van der Waals surface area (Å²) in [7, 11) is 0. The van der Waals surface area contributed by atoms with Crippen molar-refractivity contribution in [1.82, 2.24) is 9.97 Å². The van der Waals surface area contributed by atoms with E-state index in [9.17, 15) is 24.2 Å². The number of ketones is 2. The van der Waals surface area contributed by atoms with E-state index in [4.69, 9.17) is 9.10 Å². The van der Waals surface area contributed by atoms with Crippen LogP contribution in [0.1, 0.15) is 178 Å². The molecule has 0 bridgehead atoms. The molecule has 0 aliphatic heterocycles.